The van der Waals surface area contributed by atoms with E-state index in [1.54, 1.807) is 61.5 Å². The molecule has 2 aromatic carbocycles. The molecule has 1 fully saturated rings. The van der Waals surface area contributed by atoms with E-state index in [1.807, 2.05) is 17.9 Å². The van der Waals surface area contributed by atoms with E-state index in [9.17, 15) is 14.4 Å². The van der Waals surface area contributed by atoms with Crippen LogP contribution < -0.4 is 10.1 Å². The molecule has 3 amide bonds. The number of amides is 3. The third kappa shape index (κ3) is 5.87. The average molecular weight is 494 g/mol. The lowest BCUT2D eigenvalue weighted by Gasteiger charge is -2.36. The molecule has 4 rings (SSSR count). The summed E-state index contributed by atoms with van der Waals surface area (Å²) in [5.41, 5.74) is 1.45. The van der Waals surface area contributed by atoms with Gasteiger partial charge in [0.25, 0.3) is 11.8 Å². The van der Waals surface area contributed by atoms with E-state index in [0.29, 0.717) is 35.7 Å². The highest BCUT2D eigenvalue weighted by atomic mass is 16.5. The van der Waals surface area contributed by atoms with Crippen LogP contribution in [0.1, 0.15) is 47.4 Å². The minimum Gasteiger partial charge on any atom is -0.491 e. The lowest BCUT2D eigenvalue weighted by molar-refractivity contribution is -0.136. The van der Waals surface area contributed by atoms with Gasteiger partial charge in [-0.05, 0) is 44.0 Å². The van der Waals surface area contributed by atoms with E-state index in [1.165, 1.54) is 0 Å². The Balaban J connectivity index is 1.63. The Labute approximate surface area is 212 Å². The Hall–Kier alpha value is -3.39. The van der Waals surface area contributed by atoms with Crippen LogP contribution in [0.2, 0.25) is 0 Å². The summed E-state index contributed by atoms with van der Waals surface area (Å²) in [5, 5.41) is 2.88. The van der Waals surface area contributed by atoms with Crippen molar-refractivity contribution in [2.24, 2.45) is 11.8 Å². The third-order valence-electron chi connectivity index (χ3n) is 6.95. The van der Waals surface area contributed by atoms with Gasteiger partial charge in [-0.15, -0.1) is 0 Å². The molecule has 0 bridgehead atoms. The number of anilines is 1. The van der Waals surface area contributed by atoms with Gasteiger partial charge in [0.05, 0.1) is 17.7 Å². The molecule has 3 atom stereocenters. The fraction of sp³-hybridized carbons (Fsp3) is 0.464. The van der Waals surface area contributed by atoms with Crippen molar-refractivity contribution in [2.45, 2.75) is 38.8 Å². The molecule has 0 radical (unpaired) electrons. The number of nitrogens with zero attached hydrogens (tertiary/aromatic N) is 2. The molecule has 1 N–H and O–H groups in total. The van der Waals surface area contributed by atoms with E-state index in [4.69, 9.17) is 9.47 Å². The number of hydrogen-bond acceptors (Lipinski definition) is 5. The van der Waals surface area contributed by atoms with Gasteiger partial charge in [0.15, 0.2) is 0 Å². The Morgan fingerprint density at radius 2 is 1.78 bits per heavy atom. The van der Waals surface area contributed by atoms with Crippen LogP contribution in [-0.4, -0.2) is 73.5 Å². The molecular weight excluding hydrogens is 458 g/mol. The second-order valence-corrected chi connectivity index (χ2v) is 9.89. The molecule has 0 aromatic heterocycles. The normalized spacial score (nSPS) is 23.1. The van der Waals surface area contributed by atoms with Crippen molar-refractivity contribution >= 4 is 23.4 Å². The number of methoxy groups -OCH3 is 1. The molecule has 192 valence electrons. The lowest BCUT2D eigenvalue weighted by Crippen LogP contribution is -2.49. The Bertz CT molecular complexity index is 1100. The monoisotopic (exact) mass is 493 g/mol. The highest BCUT2D eigenvalue weighted by Gasteiger charge is 2.37. The second kappa shape index (κ2) is 11.1. The molecule has 1 aliphatic heterocycles. The van der Waals surface area contributed by atoms with Gasteiger partial charge in [0, 0.05) is 56.4 Å². The predicted octanol–water partition coefficient (Wildman–Crippen LogP) is 3.68. The van der Waals surface area contributed by atoms with Gasteiger partial charge < -0.3 is 24.6 Å². The van der Waals surface area contributed by atoms with Crippen molar-refractivity contribution in [1.29, 1.82) is 0 Å². The molecule has 8 heteroatoms. The number of nitrogens with one attached hydrogen (secondary N) is 1. The Morgan fingerprint density at radius 1 is 1.06 bits per heavy atom. The first-order chi connectivity index (χ1) is 17.3. The lowest BCUT2D eigenvalue weighted by atomic mass is 10.0. The number of carbonyl (C=O) groups is 3. The molecule has 2 aromatic rings. The van der Waals surface area contributed by atoms with Crippen LogP contribution in [0.3, 0.4) is 0 Å². The molecule has 0 spiro atoms. The first-order valence-electron chi connectivity index (χ1n) is 12.5. The SMILES string of the molecule is CO[C@@H]1CN(C)C(=O)c2ccc(NC(=O)c3ccccc3)cc2OC[C@H](C)N(C(=O)C2CC2)C[C@@H]1C. The summed E-state index contributed by atoms with van der Waals surface area (Å²) >= 11 is 0. The standard InChI is InChI=1S/C28H35N3O5/c1-18-15-31(27(33)21-10-11-21)19(2)17-36-24-14-22(29-26(32)20-8-6-5-7-9-20)12-13-23(24)28(34)30(3)16-25(18)35-4/h5-9,12-14,18-19,21,25H,10-11,15-17H2,1-4H3,(H,29,32)/t18-,19-,25+/m0/s1. The number of ether oxygens (including phenoxy) is 2. The van der Waals surface area contributed by atoms with Crippen LogP contribution in [0.15, 0.2) is 48.5 Å². The van der Waals surface area contributed by atoms with Crippen LogP contribution in [0.5, 0.6) is 5.75 Å². The van der Waals surface area contributed by atoms with Gasteiger partial charge in [-0.25, -0.2) is 0 Å². The van der Waals surface area contributed by atoms with Crippen molar-refractivity contribution in [2.75, 3.05) is 39.2 Å². The summed E-state index contributed by atoms with van der Waals surface area (Å²) in [7, 11) is 3.37. The van der Waals surface area contributed by atoms with Gasteiger partial charge in [0.1, 0.15) is 12.4 Å². The predicted molar refractivity (Wildman–Crippen MR) is 137 cm³/mol. The molecule has 0 saturated heterocycles. The summed E-state index contributed by atoms with van der Waals surface area (Å²) in [6.07, 6.45) is 1.62. The maximum Gasteiger partial charge on any atom is 0.257 e. The highest BCUT2D eigenvalue weighted by Crippen LogP contribution is 2.33. The van der Waals surface area contributed by atoms with Crippen molar-refractivity contribution < 1.29 is 23.9 Å². The van der Waals surface area contributed by atoms with Crippen LogP contribution in [-0.2, 0) is 9.53 Å². The van der Waals surface area contributed by atoms with Crippen molar-refractivity contribution in [3.8, 4) is 5.75 Å². The van der Waals surface area contributed by atoms with Crippen molar-refractivity contribution in [1.82, 2.24) is 9.80 Å². The molecule has 8 nitrogen and oxygen atoms in total. The fourth-order valence-electron chi connectivity index (χ4n) is 4.51. The zero-order valence-corrected chi connectivity index (χ0v) is 21.4. The van der Waals surface area contributed by atoms with Gasteiger partial charge in [-0.3, -0.25) is 14.4 Å². The minimum absolute atomic E-state index is 0.0323. The number of rotatable bonds is 4. The number of fused-ring (bicyclic) bond motifs is 1. The maximum absolute atomic E-state index is 13.4. The van der Waals surface area contributed by atoms with Crippen LogP contribution in [0.4, 0.5) is 5.69 Å². The summed E-state index contributed by atoms with van der Waals surface area (Å²) < 4.78 is 11.9. The first-order valence-corrected chi connectivity index (χ1v) is 12.5. The van der Waals surface area contributed by atoms with Crippen molar-refractivity contribution in [3.05, 3.63) is 59.7 Å². The molecule has 36 heavy (non-hydrogen) atoms. The molecule has 0 unspecified atom stereocenters. The Kier molecular flexibility index (Phi) is 7.94. The molecule has 2 aliphatic rings. The Morgan fingerprint density at radius 3 is 2.44 bits per heavy atom. The number of hydrogen-bond donors (Lipinski definition) is 1. The van der Waals surface area contributed by atoms with Gasteiger partial charge >= 0.3 is 0 Å². The van der Waals surface area contributed by atoms with Crippen LogP contribution in [0, 0.1) is 11.8 Å². The molecular formula is C28H35N3O5. The summed E-state index contributed by atoms with van der Waals surface area (Å²) in [6, 6.07) is 13.8. The zero-order chi connectivity index (χ0) is 25.8. The minimum atomic E-state index is -0.251. The van der Waals surface area contributed by atoms with E-state index in [-0.39, 0.29) is 48.3 Å². The smallest absolute Gasteiger partial charge is 0.257 e. The summed E-state index contributed by atoms with van der Waals surface area (Å²) in [6.45, 7) is 5.15. The van der Waals surface area contributed by atoms with Gasteiger partial charge in [0.2, 0.25) is 5.91 Å². The highest BCUT2D eigenvalue weighted by molar-refractivity contribution is 6.05. The van der Waals surface area contributed by atoms with E-state index in [2.05, 4.69) is 12.2 Å². The quantitative estimate of drug-likeness (QED) is 0.702. The average Bonchev–Trinajstić information content (AvgIpc) is 3.73. The zero-order valence-electron chi connectivity index (χ0n) is 21.4. The van der Waals surface area contributed by atoms with E-state index in [0.717, 1.165) is 12.8 Å². The molecule has 1 heterocycles. The van der Waals surface area contributed by atoms with Crippen molar-refractivity contribution in [3.63, 3.8) is 0 Å². The maximum atomic E-state index is 13.4. The summed E-state index contributed by atoms with van der Waals surface area (Å²) in [4.78, 5) is 42.7. The van der Waals surface area contributed by atoms with Gasteiger partial charge in [-0.2, -0.15) is 0 Å². The fourth-order valence-corrected chi connectivity index (χ4v) is 4.51. The number of carbonyl (C=O) groups excluding carboxylic acids is 3. The molecule has 1 saturated carbocycles. The second-order valence-electron chi connectivity index (χ2n) is 9.89. The number of likely N-dealkylation sites (N-methyl/N-ethyl adjacent to an activating group) is 1. The van der Waals surface area contributed by atoms with Crippen LogP contribution >= 0.6 is 0 Å². The summed E-state index contributed by atoms with van der Waals surface area (Å²) in [5.74, 6) is 0.192. The first kappa shape index (κ1) is 25.7. The molecule has 1 aliphatic carbocycles. The van der Waals surface area contributed by atoms with E-state index < -0.39 is 0 Å². The van der Waals surface area contributed by atoms with Gasteiger partial charge in [-0.1, -0.05) is 25.1 Å². The largest absolute Gasteiger partial charge is 0.491 e. The van der Waals surface area contributed by atoms with E-state index >= 15 is 0 Å². The van der Waals surface area contributed by atoms with Crippen LogP contribution in [0.25, 0.3) is 0 Å². The number of benzene rings is 2. The topological polar surface area (TPSA) is 88.2 Å². The third-order valence-corrected chi connectivity index (χ3v) is 6.95.